The van der Waals surface area contributed by atoms with Crippen LogP contribution in [0.15, 0.2) is 11.0 Å². The Morgan fingerprint density at radius 2 is 1.64 bits per heavy atom. The number of carbonyl (C=O) groups is 2. The van der Waals surface area contributed by atoms with Gasteiger partial charge in [-0.15, -0.1) is 0 Å². The lowest BCUT2D eigenvalue weighted by molar-refractivity contribution is -0.149. The van der Waals surface area contributed by atoms with Gasteiger partial charge in [-0.3, -0.25) is 18.7 Å². The van der Waals surface area contributed by atoms with E-state index in [4.69, 9.17) is 24.5 Å². The van der Waals surface area contributed by atoms with E-state index in [0.717, 1.165) is 0 Å². The van der Waals surface area contributed by atoms with Gasteiger partial charge in [-0.25, -0.2) is 19.4 Å². The number of nitrogens with two attached hydrogens (primary N) is 1. The van der Waals surface area contributed by atoms with E-state index in [2.05, 4.69) is 15.2 Å². The molecule has 1 aliphatic heterocycles. The van der Waals surface area contributed by atoms with E-state index >= 15 is 0 Å². The molecule has 5 unspecified atom stereocenters. The Balaban J connectivity index is 2.28. The van der Waals surface area contributed by atoms with Crippen molar-refractivity contribution in [3.63, 3.8) is 0 Å². The second-order valence-electron chi connectivity index (χ2n) is 9.33. The standard InChI is InChI=1S/C21H33F3N5O9P/c1-9(2)36-17(31)11(5)27-39(34,28-12(6)18(32)37-10(3)4)35-8-14-15(30)21(23,24)19(38-14)29-7-13(22)16(25)26-20(29)33/h7,9-12,14-15,19,30H,8H2,1-6H3,(H2,25,26,33)(H2,27,28,34). The predicted molar refractivity (Wildman–Crippen MR) is 129 cm³/mol. The number of alkyl halides is 2. The molecule has 1 aliphatic rings. The van der Waals surface area contributed by atoms with Crippen LogP contribution < -0.4 is 21.6 Å². The van der Waals surface area contributed by atoms with Gasteiger partial charge in [0.05, 0.1) is 25.0 Å². The predicted octanol–water partition coefficient (Wildman–Crippen LogP) is 0.842. The molecule has 0 bridgehead atoms. The molecule has 1 aromatic rings. The van der Waals surface area contributed by atoms with Gasteiger partial charge in [0.15, 0.2) is 17.7 Å². The molecule has 14 nitrogen and oxygen atoms in total. The number of aromatic nitrogens is 2. The van der Waals surface area contributed by atoms with Crippen LogP contribution in [0.1, 0.15) is 47.8 Å². The molecular weight excluding hydrogens is 554 g/mol. The number of aliphatic hydroxyl groups is 1. The molecule has 2 heterocycles. The van der Waals surface area contributed by atoms with Crippen molar-refractivity contribution in [3.8, 4) is 0 Å². The summed E-state index contributed by atoms with van der Waals surface area (Å²) < 4.78 is 77.7. The van der Waals surface area contributed by atoms with Gasteiger partial charge in [-0.05, 0) is 41.5 Å². The van der Waals surface area contributed by atoms with Crippen LogP contribution in [-0.2, 0) is 32.9 Å². The first-order valence-electron chi connectivity index (χ1n) is 11.8. The van der Waals surface area contributed by atoms with Crippen LogP contribution in [0.25, 0.3) is 0 Å². The Bertz CT molecular complexity index is 1120. The van der Waals surface area contributed by atoms with Crippen LogP contribution in [0.2, 0.25) is 0 Å². The largest absolute Gasteiger partial charge is 0.462 e. The van der Waals surface area contributed by atoms with Crippen LogP contribution >= 0.6 is 7.67 Å². The van der Waals surface area contributed by atoms with Gasteiger partial charge in [0.1, 0.15) is 18.2 Å². The maximum absolute atomic E-state index is 14.9. The molecule has 1 aromatic heterocycles. The highest BCUT2D eigenvalue weighted by atomic mass is 31.2. The highest BCUT2D eigenvalue weighted by molar-refractivity contribution is 7.54. The van der Waals surface area contributed by atoms with Crippen LogP contribution in [0.4, 0.5) is 19.0 Å². The molecule has 0 saturated carbocycles. The summed E-state index contributed by atoms with van der Waals surface area (Å²) in [7, 11) is -4.46. The van der Waals surface area contributed by atoms with E-state index in [0.29, 0.717) is 6.20 Å². The summed E-state index contributed by atoms with van der Waals surface area (Å²) in [6, 6.07) is -2.55. The number of aliphatic hydroxyl groups excluding tert-OH is 1. The SMILES string of the molecule is CC(C)OC(=O)C(C)NP(=O)(NC(C)C(=O)OC(C)C)OCC1OC(n2cc(F)c(N)nc2=O)C(F)(F)C1O. The third-order valence-electron chi connectivity index (χ3n) is 5.12. The molecule has 0 aromatic carbocycles. The molecule has 5 atom stereocenters. The number of carbonyl (C=O) groups excluding carboxylic acids is 2. The molecule has 1 fully saturated rings. The first-order chi connectivity index (χ1) is 17.9. The summed E-state index contributed by atoms with van der Waals surface area (Å²) in [4.78, 5) is 39.6. The maximum Gasteiger partial charge on any atom is 0.352 e. The van der Waals surface area contributed by atoms with E-state index in [9.17, 15) is 37.2 Å². The number of nitrogen functional groups attached to an aromatic ring is 1. The lowest BCUT2D eigenvalue weighted by atomic mass is 10.1. The molecule has 39 heavy (non-hydrogen) atoms. The number of hydrogen-bond donors (Lipinski definition) is 4. The molecule has 0 spiro atoms. The number of halogens is 3. The Hall–Kier alpha value is -2.56. The van der Waals surface area contributed by atoms with Crippen molar-refractivity contribution in [1.82, 2.24) is 19.7 Å². The Kier molecular flexibility index (Phi) is 10.7. The minimum atomic E-state index is -4.46. The summed E-state index contributed by atoms with van der Waals surface area (Å²) in [5.41, 5.74) is 3.79. The highest BCUT2D eigenvalue weighted by Crippen LogP contribution is 2.45. The summed E-state index contributed by atoms with van der Waals surface area (Å²) in [6.07, 6.45) is -7.74. The monoisotopic (exact) mass is 587 g/mol. The second-order valence-corrected chi connectivity index (χ2v) is 11.2. The number of hydrogen-bond acceptors (Lipinski definition) is 11. The van der Waals surface area contributed by atoms with Crippen molar-refractivity contribution in [2.45, 2.75) is 90.2 Å². The van der Waals surface area contributed by atoms with Gasteiger partial charge >= 0.3 is 31.2 Å². The summed E-state index contributed by atoms with van der Waals surface area (Å²) in [6.45, 7) is 7.86. The van der Waals surface area contributed by atoms with Crippen LogP contribution in [0.3, 0.4) is 0 Å². The molecule has 222 valence electrons. The van der Waals surface area contributed by atoms with Gasteiger partial charge in [0, 0.05) is 0 Å². The molecule has 18 heteroatoms. The first-order valence-corrected chi connectivity index (χ1v) is 13.5. The van der Waals surface area contributed by atoms with Crippen molar-refractivity contribution in [1.29, 1.82) is 0 Å². The fourth-order valence-electron chi connectivity index (χ4n) is 3.31. The third kappa shape index (κ3) is 8.22. The molecular formula is C21H33F3N5O9P. The molecule has 5 N–H and O–H groups in total. The molecule has 1 saturated heterocycles. The third-order valence-corrected chi connectivity index (χ3v) is 7.09. The van der Waals surface area contributed by atoms with Crippen molar-refractivity contribution < 1.29 is 51.2 Å². The fraction of sp³-hybridized carbons (Fsp3) is 0.714. The average Bonchev–Trinajstić information content (AvgIpc) is 3.02. The number of nitrogens with one attached hydrogen (secondary N) is 2. The van der Waals surface area contributed by atoms with E-state index in [-0.39, 0.29) is 4.57 Å². The zero-order chi connectivity index (χ0) is 29.9. The summed E-state index contributed by atoms with van der Waals surface area (Å²) in [5.74, 6) is -7.95. The quantitative estimate of drug-likeness (QED) is 0.199. The molecule has 0 aliphatic carbocycles. The van der Waals surface area contributed by atoms with E-state index in [1.165, 1.54) is 13.8 Å². The number of esters is 2. The second kappa shape index (κ2) is 12.7. The number of ether oxygens (including phenoxy) is 3. The van der Waals surface area contributed by atoms with Crippen LogP contribution in [0.5, 0.6) is 0 Å². The minimum Gasteiger partial charge on any atom is -0.462 e. The number of nitrogens with zero attached hydrogens (tertiary/aromatic N) is 2. The molecule has 0 radical (unpaired) electrons. The Morgan fingerprint density at radius 3 is 2.10 bits per heavy atom. The lowest BCUT2D eigenvalue weighted by Gasteiger charge is -2.27. The van der Waals surface area contributed by atoms with E-state index in [1.807, 2.05) is 0 Å². The van der Waals surface area contributed by atoms with E-state index < -0.39 is 92.2 Å². The van der Waals surface area contributed by atoms with E-state index in [1.54, 1.807) is 27.7 Å². The van der Waals surface area contributed by atoms with Gasteiger partial charge in [-0.1, -0.05) is 0 Å². The smallest absolute Gasteiger partial charge is 0.352 e. The maximum atomic E-state index is 14.9. The fourth-order valence-corrected chi connectivity index (χ4v) is 5.12. The average molecular weight is 587 g/mol. The van der Waals surface area contributed by atoms with Gasteiger partial charge < -0.3 is 29.6 Å². The number of rotatable bonds is 12. The summed E-state index contributed by atoms with van der Waals surface area (Å²) >= 11 is 0. The summed E-state index contributed by atoms with van der Waals surface area (Å²) in [5, 5.41) is 14.9. The molecule has 0 amide bonds. The van der Waals surface area contributed by atoms with Gasteiger partial charge in [0.25, 0.3) is 0 Å². The van der Waals surface area contributed by atoms with Crippen LogP contribution in [-0.4, -0.2) is 75.6 Å². The topological polar surface area (TPSA) is 193 Å². The van der Waals surface area contributed by atoms with Crippen molar-refractivity contribution in [2.24, 2.45) is 0 Å². The first kappa shape index (κ1) is 32.7. The van der Waals surface area contributed by atoms with Crippen LogP contribution in [0, 0.1) is 5.82 Å². The minimum absolute atomic E-state index is 0.110. The normalized spacial score (nSPS) is 23.8. The van der Waals surface area contributed by atoms with Crippen molar-refractivity contribution >= 4 is 25.4 Å². The molecule has 2 rings (SSSR count). The zero-order valence-electron chi connectivity index (χ0n) is 22.1. The van der Waals surface area contributed by atoms with Gasteiger partial charge in [0.2, 0.25) is 6.23 Å². The van der Waals surface area contributed by atoms with Crippen molar-refractivity contribution in [2.75, 3.05) is 12.3 Å². The zero-order valence-corrected chi connectivity index (χ0v) is 23.0. The van der Waals surface area contributed by atoms with Crippen molar-refractivity contribution in [3.05, 3.63) is 22.5 Å². The Morgan fingerprint density at radius 1 is 1.15 bits per heavy atom. The highest BCUT2D eigenvalue weighted by Gasteiger charge is 2.60. The van der Waals surface area contributed by atoms with Gasteiger partial charge in [-0.2, -0.15) is 13.8 Å². The lowest BCUT2D eigenvalue weighted by Crippen LogP contribution is -2.44. The number of anilines is 1. The Labute approximate surface area is 221 Å².